The molecule has 0 aliphatic carbocycles. The molecule has 1 N–H and O–H groups in total. The van der Waals surface area contributed by atoms with Crippen LogP contribution < -0.4 is 5.56 Å². The van der Waals surface area contributed by atoms with Crippen LogP contribution in [0.25, 0.3) is 21.5 Å². The number of H-pyrrole nitrogens is 1. The average molecular weight is 210 g/mol. The van der Waals surface area contributed by atoms with E-state index >= 15 is 0 Å². The fourth-order valence-electron chi connectivity index (χ4n) is 1.98. The van der Waals surface area contributed by atoms with Crippen LogP contribution in [-0.2, 0) is 0 Å². The molecule has 0 fully saturated rings. The van der Waals surface area contributed by atoms with Gasteiger partial charge in [-0.25, -0.2) is 0 Å². The smallest absolute Gasteiger partial charge is 0.255 e. The van der Waals surface area contributed by atoms with Gasteiger partial charge in [0.1, 0.15) is 0 Å². The van der Waals surface area contributed by atoms with Gasteiger partial charge in [0.25, 0.3) is 5.56 Å². The molecule has 3 aromatic rings. The molecular weight excluding hydrogens is 200 g/mol. The zero-order chi connectivity index (χ0) is 11.1. The van der Waals surface area contributed by atoms with Crippen molar-refractivity contribution in [2.75, 3.05) is 0 Å². The van der Waals surface area contributed by atoms with E-state index in [0.29, 0.717) is 0 Å². The van der Waals surface area contributed by atoms with Crippen molar-refractivity contribution >= 4 is 21.5 Å². The van der Waals surface area contributed by atoms with Gasteiger partial charge in [-0.3, -0.25) is 9.78 Å². The van der Waals surface area contributed by atoms with Gasteiger partial charge in [0.05, 0.1) is 0 Å². The van der Waals surface area contributed by atoms with E-state index < -0.39 is 0 Å². The Morgan fingerprint density at radius 3 is 2.88 bits per heavy atom. The van der Waals surface area contributed by atoms with Crippen LogP contribution in [0, 0.1) is 6.92 Å². The molecule has 0 saturated heterocycles. The molecule has 0 amide bonds. The lowest BCUT2D eigenvalue weighted by molar-refractivity contribution is 1.24. The van der Waals surface area contributed by atoms with E-state index in [2.05, 4.69) is 9.97 Å². The van der Waals surface area contributed by atoms with E-state index in [1.54, 1.807) is 12.4 Å². The molecule has 3 nitrogen and oxygen atoms in total. The lowest BCUT2D eigenvalue weighted by Crippen LogP contribution is -2.05. The van der Waals surface area contributed by atoms with E-state index in [-0.39, 0.29) is 5.56 Å². The molecule has 0 radical (unpaired) electrons. The molecule has 0 saturated carbocycles. The van der Waals surface area contributed by atoms with Gasteiger partial charge in [-0.1, -0.05) is 0 Å². The third-order valence-corrected chi connectivity index (χ3v) is 2.87. The fraction of sp³-hybridized carbons (Fsp3) is 0.0769. The number of aromatic amines is 1. The third-order valence-electron chi connectivity index (χ3n) is 2.87. The van der Waals surface area contributed by atoms with Crippen LogP contribution in [0.3, 0.4) is 0 Å². The predicted octanol–water partition coefficient (Wildman–Crippen LogP) is 2.38. The number of hydrogen-bond acceptors (Lipinski definition) is 2. The quantitative estimate of drug-likeness (QED) is 0.579. The Morgan fingerprint density at radius 1 is 1.19 bits per heavy atom. The normalized spacial score (nSPS) is 11.1. The summed E-state index contributed by atoms with van der Waals surface area (Å²) in [5.74, 6) is 0. The molecule has 1 aromatic carbocycles. The van der Waals surface area contributed by atoms with Crippen molar-refractivity contribution in [1.82, 2.24) is 9.97 Å². The first-order valence-corrected chi connectivity index (χ1v) is 5.11. The van der Waals surface area contributed by atoms with Crippen LogP contribution in [0.5, 0.6) is 0 Å². The first-order valence-electron chi connectivity index (χ1n) is 5.11. The Labute approximate surface area is 91.8 Å². The Bertz CT molecular complexity index is 744. The molecule has 2 heterocycles. The van der Waals surface area contributed by atoms with Crippen molar-refractivity contribution in [3.63, 3.8) is 0 Å². The highest BCUT2D eigenvalue weighted by molar-refractivity contribution is 5.98. The number of nitrogens with one attached hydrogen (secondary N) is 1. The summed E-state index contributed by atoms with van der Waals surface area (Å²) in [5.41, 5.74) is 1.03. The Kier molecular flexibility index (Phi) is 1.80. The van der Waals surface area contributed by atoms with E-state index in [1.807, 2.05) is 31.3 Å². The van der Waals surface area contributed by atoms with Crippen LogP contribution in [0.4, 0.5) is 0 Å². The summed E-state index contributed by atoms with van der Waals surface area (Å²) in [7, 11) is 0. The monoisotopic (exact) mass is 210 g/mol. The number of benzene rings is 1. The van der Waals surface area contributed by atoms with Gasteiger partial charge < -0.3 is 4.98 Å². The maximum absolute atomic E-state index is 11.7. The first kappa shape index (κ1) is 9.09. The summed E-state index contributed by atoms with van der Waals surface area (Å²) in [6.45, 7) is 1.99. The Hall–Kier alpha value is -2.16. The molecule has 0 aliphatic rings. The minimum atomic E-state index is -0.0423. The molecule has 0 unspecified atom stereocenters. The van der Waals surface area contributed by atoms with E-state index in [4.69, 9.17) is 0 Å². The zero-order valence-corrected chi connectivity index (χ0v) is 8.82. The van der Waals surface area contributed by atoms with Gasteiger partial charge >= 0.3 is 0 Å². The molecular formula is C13H10N2O. The fourth-order valence-corrected chi connectivity index (χ4v) is 1.98. The van der Waals surface area contributed by atoms with E-state index in [1.165, 1.54) is 0 Å². The van der Waals surface area contributed by atoms with Crippen LogP contribution >= 0.6 is 0 Å². The van der Waals surface area contributed by atoms with Crippen molar-refractivity contribution in [2.24, 2.45) is 0 Å². The molecule has 0 atom stereocenters. The number of nitrogens with zero attached hydrogens (tertiary/aromatic N) is 1. The number of hydrogen-bond donors (Lipinski definition) is 1. The number of aromatic nitrogens is 2. The highest BCUT2D eigenvalue weighted by atomic mass is 16.1. The minimum Gasteiger partial charge on any atom is -0.328 e. The molecule has 0 spiro atoms. The highest BCUT2D eigenvalue weighted by Crippen LogP contribution is 2.21. The minimum absolute atomic E-state index is 0.0423. The highest BCUT2D eigenvalue weighted by Gasteiger charge is 2.03. The van der Waals surface area contributed by atoms with Crippen molar-refractivity contribution in [3.05, 3.63) is 52.7 Å². The second-order valence-electron chi connectivity index (χ2n) is 3.92. The standard InChI is InChI=1S/C13H10N2O/c1-8-6-15-13(16)12-4-9-2-3-14-7-10(9)5-11(8)12/h2-7H,1H3,(H,15,16). The molecule has 3 rings (SSSR count). The predicted molar refractivity (Wildman–Crippen MR) is 64.6 cm³/mol. The molecule has 0 aliphatic heterocycles. The second-order valence-corrected chi connectivity index (χ2v) is 3.92. The van der Waals surface area contributed by atoms with E-state index in [9.17, 15) is 4.79 Å². The average Bonchev–Trinajstić information content (AvgIpc) is 2.32. The van der Waals surface area contributed by atoms with Crippen molar-refractivity contribution < 1.29 is 0 Å². The summed E-state index contributed by atoms with van der Waals surface area (Å²) in [6, 6.07) is 5.84. The maximum Gasteiger partial charge on any atom is 0.255 e. The largest absolute Gasteiger partial charge is 0.328 e. The van der Waals surface area contributed by atoms with Gasteiger partial charge in [-0.2, -0.15) is 0 Å². The summed E-state index contributed by atoms with van der Waals surface area (Å²) >= 11 is 0. The summed E-state index contributed by atoms with van der Waals surface area (Å²) in [4.78, 5) is 18.5. The maximum atomic E-state index is 11.7. The third kappa shape index (κ3) is 1.21. The topological polar surface area (TPSA) is 45.8 Å². The number of pyridine rings is 2. The van der Waals surface area contributed by atoms with Crippen LogP contribution in [0.2, 0.25) is 0 Å². The summed E-state index contributed by atoms with van der Waals surface area (Å²) in [5, 5.41) is 3.82. The molecule has 78 valence electrons. The second kappa shape index (κ2) is 3.17. The molecule has 0 bridgehead atoms. The van der Waals surface area contributed by atoms with Crippen molar-refractivity contribution in [1.29, 1.82) is 0 Å². The SMILES string of the molecule is Cc1c[nH]c(=O)c2cc3ccncc3cc12. The number of aryl methyl sites for hydroxylation is 1. The van der Waals surface area contributed by atoms with Crippen molar-refractivity contribution in [2.45, 2.75) is 6.92 Å². The number of rotatable bonds is 0. The van der Waals surface area contributed by atoms with Gasteiger partial charge in [-0.05, 0) is 41.5 Å². The summed E-state index contributed by atoms with van der Waals surface area (Å²) in [6.07, 6.45) is 5.29. The lowest BCUT2D eigenvalue weighted by atomic mass is 10.0. The zero-order valence-electron chi connectivity index (χ0n) is 8.82. The van der Waals surface area contributed by atoms with Gasteiger partial charge in [0.2, 0.25) is 0 Å². The van der Waals surface area contributed by atoms with Gasteiger partial charge in [0.15, 0.2) is 0 Å². The Morgan fingerprint density at radius 2 is 2.00 bits per heavy atom. The van der Waals surface area contributed by atoms with Crippen LogP contribution in [0.15, 0.2) is 41.6 Å². The van der Waals surface area contributed by atoms with Gasteiger partial charge in [0, 0.05) is 29.4 Å². The van der Waals surface area contributed by atoms with Crippen molar-refractivity contribution in [3.8, 4) is 0 Å². The van der Waals surface area contributed by atoms with Crippen LogP contribution in [-0.4, -0.2) is 9.97 Å². The first-order chi connectivity index (χ1) is 7.75. The molecule has 16 heavy (non-hydrogen) atoms. The Balaban J connectivity index is 2.61. The van der Waals surface area contributed by atoms with Gasteiger partial charge in [-0.15, -0.1) is 0 Å². The molecule has 3 heteroatoms. The van der Waals surface area contributed by atoms with Crippen LogP contribution in [0.1, 0.15) is 5.56 Å². The molecule has 2 aromatic heterocycles. The van der Waals surface area contributed by atoms with E-state index in [0.717, 1.165) is 27.1 Å². The summed E-state index contributed by atoms with van der Waals surface area (Å²) < 4.78 is 0. The number of fused-ring (bicyclic) bond motifs is 2. The lowest BCUT2D eigenvalue weighted by Gasteiger charge is -2.03.